The first-order valence-corrected chi connectivity index (χ1v) is 9.92. The number of carbonyl (C=O) groups excluding carboxylic acids is 1. The highest BCUT2D eigenvalue weighted by Gasteiger charge is 2.11. The summed E-state index contributed by atoms with van der Waals surface area (Å²) in [7, 11) is 2.01. The van der Waals surface area contributed by atoms with Gasteiger partial charge in [-0.25, -0.2) is 4.39 Å². The summed E-state index contributed by atoms with van der Waals surface area (Å²) in [6.07, 6.45) is 2.00. The lowest BCUT2D eigenvalue weighted by atomic mass is 10.3. The number of rotatable bonds is 8. The fraction of sp³-hybridized carbons (Fsp3) is 0.278. The minimum Gasteiger partial charge on any atom is -0.329 e. The van der Waals surface area contributed by atoms with E-state index in [0.717, 1.165) is 32.7 Å². The van der Waals surface area contributed by atoms with E-state index in [-0.39, 0.29) is 11.7 Å². The molecule has 0 bridgehead atoms. The normalized spacial score (nSPS) is 12.0. The number of hydrogen-bond donors (Lipinski definition) is 2. The van der Waals surface area contributed by atoms with Crippen LogP contribution in [0.2, 0.25) is 0 Å². The zero-order valence-corrected chi connectivity index (χ0v) is 15.5. The van der Waals surface area contributed by atoms with Gasteiger partial charge in [0, 0.05) is 15.5 Å². The van der Waals surface area contributed by atoms with Crippen molar-refractivity contribution < 1.29 is 14.1 Å². The highest BCUT2D eigenvalue weighted by atomic mass is 32.2. The van der Waals surface area contributed by atoms with Gasteiger partial charge >= 0.3 is 0 Å². The monoisotopic (exact) mass is 365 g/mol. The van der Waals surface area contributed by atoms with E-state index in [2.05, 4.69) is 5.32 Å². The molecule has 0 aromatic heterocycles. The van der Waals surface area contributed by atoms with Gasteiger partial charge in [0.1, 0.15) is 5.82 Å². The Morgan fingerprint density at radius 1 is 1.17 bits per heavy atom. The zero-order chi connectivity index (χ0) is 17.4. The molecule has 6 heteroatoms. The summed E-state index contributed by atoms with van der Waals surface area (Å²) in [5, 5.41) is 2.98. The molecule has 0 aliphatic carbocycles. The maximum Gasteiger partial charge on any atom is 0.279 e. The lowest BCUT2D eigenvalue weighted by molar-refractivity contribution is -0.868. The van der Waals surface area contributed by atoms with E-state index < -0.39 is 0 Å². The van der Waals surface area contributed by atoms with Crippen molar-refractivity contribution in [3.8, 4) is 0 Å². The number of carbonyl (C=O) groups is 1. The van der Waals surface area contributed by atoms with E-state index in [1.165, 1.54) is 12.1 Å². The molecule has 0 saturated heterocycles. The van der Waals surface area contributed by atoms with Crippen LogP contribution in [0.1, 0.15) is 0 Å². The van der Waals surface area contributed by atoms with Gasteiger partial charge in [-0.2, -0.15) is 0 Å². The lowest BCUT2D eigenvalue weighted by Crippen LogP contribution is -3.10. The van der Waals surface area contributed by atoms with E-state index in [1.54, 1.807) is 35.7 Å². The van der Waals surface area contributed by atoms with Crippen LogP contribution in [-0.2, 0) is 4.79 Å². The van der Waals surface area contributed by atoms with Crippen LogP contribution in [-0.4, -0.2) is 38.1 Å². The molecule has 2 aromatic rings. The topological polar surface area (TPSA) is 33.5 Å². The van der Waals surface area contributed by atoms with E-state index in [1.807, 2.05) is 37.6 Å². The number of anilines is 1. The second kappa shape index (κ2) is 9.71. The Morgan fingerprint density at radius 2 is 1.88 bits per heavy atom. The van der Waals surface area contributed by atoms with Crippen LogP contribution in [0.4, 0.5) is 10.1 Å². The molecule has 1 unspecified atom stereocenters. The molecular weight excluding hydrogens is 343 g/mol. The van der Waals surface area contributed by atoms with Gasteiger partial charge in [0.05, 0.1) is 19.3 Å². The van der Waals surface area contributed by atoms with E-state index in [9.17, 15) is 9.18 Å². The fourth-order valence-electron chi connectivity index (χ4n) is 2.18. The molecule has 0 fully saturated rings. The van der Waals surface area contributed by atoms with Crippen molar-refractivity contribution in [2.24, 2.45) is 0 Å². The predicted molar refractivity (Wildman–Crippen MR) is 101 cm³/mol. The quantitative estimate of drug-likeness (QED) is 0.706. The van der Waals surface area contributed by atoms with Crippen LogP contribution in [0.25, 0.3) is 0 Å². The summed E-state index contributed by atoms with van der Waals surface area (Å²) in [4.78, 5) is 15.4. The van der Waals surface area contributed by atoms with Gasteiger partial charge in [0.25, 0.3) is 5.91 Å². The van der Waals surface area contributed by atoms with Crippen LogP contribution < -0.4 is 10.2 Å². The molecule has 1 atom stereocenters. The minimum absolute atomic E-state index is 0.0146. The van der Waals surface area contributed by atoms with Crippen molar-refractivity contribution >= 4 is 35.1 Å². The molecule has 128 valence electrons. The van der Waals surface area contributed by atoms with Crippen molar-refractivity contribution in [3.63, 3.8) is 0 Å². The molecule has 0 radical (unpaired) electrons. The fourth-order valence-corrected chi connectivity index (χ4v) is 3.75. The molecule has 2 N–H and O–H groups in total. The first-order chi connectivity index (χ1) is 11.6. The smallest absolute Gasteiger partial charge is 0.279 e. The Bertz CT molecular complexity index is 664. The van der Waals surface area contributed by atoms with Gasteiger partial charge in [0.2, 0.25) is 0 Å². The Balaban J connectivity index is 1.74. The molecule has 2 rings (SSSR count). The molecule has 1 amide bonds. The third-order valence-corrected chi connectivity index (χ3v) is 5.26. The van der Waals surface area contributed by atoms with Gasteiger partial charge < -0.3 is 10.2 Å². The van der Waals surface area contributed by atoms with Gasteiger partial charge in [-0.15, -0.1) is 23.5 Å². The largest absolute Gasteiger partial charge is 0.329 e. The third-order valence-electron chi connectivity index (χ3n) is 3.45. The highest BCUT2D eigenvalue weighted by Crippen LogP contribution is 2.24. The molecule has 0 saturated carbocycles. The number of para-hydroxylation sites is 1. The number of thioether (sulfide) groups is 2. The van der Waals surface area contributed by atoms with E-state index in [4.69, 9.17) is 0 Å². The highest BCUT2D eigenvalue weighted by molar-refractivity contribution is 7.99. The van der Waals surface area contributed by atoms with Crippen LogP contribution >= 0.6 is 23.5 Å². The molecular formula is C18H22FN2OS2+. The minimum atomic E-state index is -0.218. The Labute approximate surface area is 151 Å². The summed E-state index contributed by atoms with van der Waals surface area (Å²) >= 11 is 3.29. The number of likely N-dealkylation sites (N-methyl/N-ethyl adjacent to an activating group) is 1. The first-order valence-electron chi connectivity index (χ1n) is 7.71. The predicted octanol–water partition coefficient (Wildman–Crippen LogP) is 2.79. The first kappa shape index (κ1) is 18.8. The third kappa shape index (κ3) is 6.19. The zero-order valence-electron chi connectivity index (χ0n) is 13.8. The van der Waals surface area contributed by atoms with Crippen LogP contribution in [0.15, 0.2) is 58.3 Å². The van der Waals surface area contributed by atoms with E-state index >= 15 is 0 Å². The Morgan fingerprint density at radius 3 is 2.58 bits per heavy atom. The molecule has 0 spiro atoms. The van der Waals surface area contributed by atoms with Crippen molar-refractivity contribution in [1.29, 1.82) is 0 Å². The number of nitrogens with one attached hydrogen (secondary N) is 2. The van der Waals surface area contributed by atoms with Gasteiger partial charge in [-0.1, -0.05) is 12.1 Å². The number of hydrogen-bond acceptors (Lipinski definition) is 3. The van der Waals surface area contributed by atoms with Crippen molar-refractivity contribution in [2.75, 3.05) is 37.5 Å². The average Bonchev–Trinajstić information content (AvgIpc) is 2.57. The number of halogens is 1. The van der Waals surface area contributed by atoms with Crippen LogP contribution in [0.3, 0.4) is 0 Å². The number of amides is 1. The second-order valence-electron chi connectivity index (χ2n) is 5.43. The molecule has 0 aliphatic rings. The number of benzene rings is 2. The summed E-state index contributed by atoms with van der Waals surface area (Å²) < 4.78 is 12.9. The van der Waals surface area contributed by atoms with E-state index in [0.29, 0.717) is 6.54 Å². The van der Waals surface area contributed by atoms with Gasteiger partial charge in [-0.3, -0.25) is 4.79 Å². The Hall–Kier alpha value is -1.50. The second-order valence-corrected chi connectivity index (χ2v) is 7.45. The molecule has 2 aromatic carbocycles. The molecule has 0 aliphatic heterocycles. The van der Waals surface area contributed by atoms with Gasteiger partial charge in [-0.05, 0) is 42.7 Å². The van der Waals surface area contributed by atoms with Crippen molar-refractivity contribution in [1.82, 2.24) is 0 Å². The molecule has 24 heavy (non-hydrogen) atoms. The lowest BCUT2D eigenvalue weighted by Gasteiger charge is -2.14. The summed E-state index contributed by atoms with van der Waals surface area (Å²) in [6, 6.07) is 14.3. The average molecular weight is 366 g/mol. The van der Waals surface area contributed by atoms with Crippen LogP contribution in [0.5, 0.6) is 0 Å². The summed E-state index contributed by atoms with van der Waals surface area (Å²) in [6.45, 7) is 1.28. The van der Waals surface area contributed by atoms with Gasteiger partial charge in [0.15, 0.2) is 6.54 Å². The standard InChI is InChI=1S/C18H21FN2OS2/c1-21(11-12-24-15-9-7-14(19)8-10-15)13-18(22)20-16-5-3-4-6-17(16)23-2/h3-10H,11-13H2,1-2H3,(H,20,22)/p+1. The molecule has 0 heterocycles. The SMILES string of the molecule is CSc1ccccc1NC(=O)C[NH+](C)CCSc1ccc(F)cc1. The maximum absolute atomic E-state index is 12.9. The molecule has 3 nitrogen and oxygen atoms in total. The summed E-state index contributed by atoms with van der Waals surface area (Å²) in [5.41, 5.74) is 0.864. The number of quaternary nitrogens is 1. The summed E-state index contributed by atoms with van der Waals surface area (Å²) in [5.74, 6) is 0.677. The van der Waals surface area contributed by atoms with Crippen LogP contribution in [0, 0.1) is 5.82 Å². The maximum atomic E-state index is 12.9. The van der Waals surface area contributed by atoms with Crippen molar-refractivity contribution in [2.45, 2.75) is 9.79 Å². The Kier molecular flexibility index (Phi) is 7.62. The van der Waals surface area contributed by atoms with Crippen molar-refractivity contribution in [3.05, 3.63) is 54.3 Å².